The van der Waals surface area contributed by atoms with Gasteiger partial charge in [0.25, 0.3) is 5.91 Å². The first-order chi connectivity index (χ1) is 16.2. The highest BCUT2D eigenvalue weighted by Gasteiger charge is 2.36. The highest BCUT2D eigenvalue weighted by Crippen LogP contribution is 2.22. The fourth-order valence-corrected chi connectivity index (χ4v) is 4.68. The van der Waals surface area contributed by atoms with Crippen LogP contribution in [0, 0.1) is 0 Å². The van der Waals surface area contributed by atoms with Crippen molar-refractivity contribution in [2.24, 2.45) is 0 Å². The van der Waals surface area contributed by atoms with Gasteiger partial charge in [-0.2, -0.15) is 0 Å². The van der Waals surface area contributed by atoms with E-state index < -0.39 is 18.1 Å². The lowest BCUT2D eigenvalue weighted by atomic mass is 9.95. The Kier molecular flexibility index (Phi) is 6.35. The van der Waals surface area contributed by atoms with Crippen LogP contribution in [0.3, 0.4) is 0 Å². The van der Waals surface area contributed by atoms with E-state index in [0.717, 1.165) is 12.8 Å². The fraction of sp³-hybridized carbons (Fsp3) is 0.308. The third kappa shape index (κ3) is 5.06. The van der Waals surface area contributed by atoms with Gasteiger partial charge in [0.15, 0.2) is 6.10 Å². The summed E-state index contributed by atoms with van der Waals surface area (Å²) < 4.78 is 5.65. The predicted octanol–water partition coefficient (Wildman–Crippen LogP) is 2.17. The Balaban J connectivity index is 1.18. The molecule has 170 valence electrons. The summed E-state index contributed by atoms with van der Waals surface area (Å²) in [5, 5.41) is 2.38. The maximum absolute atomic E-state index is 12.8. The number of carbonyl (C=O) groups excluding carboxylic acids is 2. The first-order valence-electron chi connectivity index (χ1n) is 11.4. The normalized spacial score (nSPS) is 25.0. The predicted molar refractivity (Wildman–Crippen MR) is 126 cm³/mol. The summed E-state index contributed by atoms with van der Waals surface area (Å²) >= 11 is 0. The van der Waals surface area contributed by atoms with Crippen molar-refractivity contribution in [2.45, 2.75) is 49.9 Å². The molecule has 33 heavy (non-hydrogen) atoms. The second-order valence-electron chi connectivity index (χ2n) is 8.80. The van der Waals surface area contributed by atoms with Crippen LogP contribution in [0.2, 0.25) is 0 Å². The van der Waals surface area contributed by atoms with Gasteiger partial charge < -0.3 is 4.74 Å². The Hall–Kier alpha value is -3.26. The molecule has 5 rings (SSSR count). The van der Waals surface area contributed by atoms with Crippen molar-refractivity contribution in [3.8, 4) is 0 Å². The van der Waals surface area contributed by atoms with Crippen molar-refractivity contribution in [1.29, 1.82) is 0 Å². The van der Waals surface area contributed by atoms with Crippen LogP contribution in [0.4, 0.5) is 0 Å². The van der Waals surface area contributed by atoms with Gasteiger partial charge in [-0.1, -0.05) is 72.8 Å². The average molecular weight is 445 g/mol. The monoisotopic (exact) mass is 444 g/mol. The molecule has 4 N–H and O–H groups in total. The van der Waals surface area contributed by atoms with E-state index in [1.165, 1.54) is 21.9 Å². The molecule has 1 amide bonds. The third-order valence-corrected chi connectivity index (χ3v) is 6.39. The van der Waals surface area contributed by atoms with E-state index in [9.17, 15) is 9.59 Å². The molecule has 0 radical (unpaired) electrons. The van der Waals surface area contributed by atoms with Crippen molar-refractivity contribution in [2.75, 3.05) is 0 Å². The highest BCUT2D eigenvalue weighted by molar-refractivity contribution is 5.87. The van der Waals surface area contributed by atoms with E-state index in [4.69, 9.17) is 4.74 Å². The molecule has 4 atom stereocenters. The quantitative estimate of drug-likeness (QED) is 0.436. The lowest BCUT2D eigenvalue weighted by Gasteiger charge is -2.30. The number of nitrogens with one attached hydrogen (secondary N) is 4. The number of fused-ring (bicyclic) bond motifs is 1. The summed E-state index contributed by atoms with van der Waals surface area (Å²) in [7, 11) is 0. The maximum Gasteiger partial charge on any atom is 0.325 e. The molecular weight excluding hydrogens is 416 g/mol. The first kappa shape index (κ1) is 21.6. The SMILES string of the molecule is O=C(OC1CC(Cc2cccc3ccccc23)NNC1=O)C1CC(Cc2ccccc2)NN1. The number of hydrogen-bond donors (Lipinski definition) is 4. The molecule has 7 nitrogen and oxygen atoms in total. The number of rotatable bonds is 6. The van der Waals surface area contributed by atoms with Gasteiger partial charge in [-0.15, -0.1) is 0 Å². The molecular formula is C26H28N4O3. The van der Waals surface area contributed by atoms with Crippen LogP contribution >= 0.6 is 0 Å². The van der Waals surface area contributed by atoms with Crippen molar-refractivity contribution in [3.63, 3.8) is 0 Å². The molecule has 4 unspecified atom stereocenters. The Bertz CT molecular complexity index is 1130. The van der Waals surface area contributed by atoms with Gasteiger partial charge in [-0.3, -0.25) is 20.4 Å². The van der Waals surface area contributed by atoms with Gasteiger partial charge in [0, 0.05) is 18.5 Å². The topological polar surface area (TPSA) is 91.5 Å². The van der Waals surface area contributed by atoms with E-state index in [-0.39, 0.29) is 18.0 Å². The molecule has 0 spiro atoms. The molecule has 0 saturated carbocycles. The molecule has 2 aliphatic rings. The molecule has 7 heteroatoms. The minimum atomic E-state index is -0.811. The summed E-state index contributed by atoms with van der Waals surface area (Å²) in [6.45, 7) is 0. The zero-order valence-corrected chi connectivity index (χ0v) is 18.3. The molecule has 2 fully saturated rings. The largest absolute Gasteiger partial charge is 0.451 e. The van der Waals surface area contributed by atoms with Crippen LogP contribution in [-0.2, 0) is 27.2 Å². The van der Waals surface area contributed by atoms with E-state index in [1.54, 1.807) is 0 Å². The minimum absolute atomic E-state index is 0.0354. The third-order valence-electron chi connectivity index (χ3n) is 6.39. The standard InChI is InChI=1S/C26H28N4O3/c31-25-24(33-26(32)23-15-20(27-29-23)13-17-7-2-1-3-8-17)16-21(28-30-25)14-19-11-6-10-18-9-4-5-12-22(18)19/h1-12,20-21,23-24,27-29H,13-16H2,(H,30,31). The number of benzene rings is 3. The van der Waals surface area contributed by atoms with Crippen LogP contribution in [-0.4, -0.2) is 36.1 Å². The van der Waals surface area contributed by atoms with Crippen molar-refractivity contribution < 1.29 is 14.3 Å². The zero-order valence-electron chi connectivity index (χ0n) is 18.3. The van der Waals surface area contributed by atoms with Crippen LogP contribution in [0.25, 0.3) is 10.8 Å². The van der Waals surface area contributed by atoms with Gasteiger partial charge in [0.05, 0.1) is 0 Å². The number of hydrogen-bond acceptors (Lipinski definition) is 6. The lowest BCUT2D eigenvalue weighted by molar-refractivity contribution is -0.160. The molecule has 0 aliphatic carbocycles. The minimum Gasteiger partial charge on any atom is -0.451 e. The number of ether oxygens (including phenoxy) is 1. The van der Waals surface area contributed by atoms with E-state index in [1.807, 2.05) is 36.4 Å². The van der Waals surface area contributed by atoms with Gasteiger partial charge in [0.2, 0.25) is 0 Å². The van der Waals surface area contributed by atoms with Crippen molar-refractivity contribution in [1.82, 2.24) is 21.7 Å². The van der Waals surface area contributed by atoms with Gasteiger partial charge in [-0.05, 0) is 41.2 Å². The van der Waals surface area contributed by atoms with Gasteiger partial charge >= 0.3 is 5.97 Å². The smallest absolute Gasteiger partial charge is 0.325 e. The number of carbonyl (C=O) groups is 2. The number of esters is 1. The van der Waals surface area contributed by atoms with E-state index in [2.05, 4.69) is 58.1 Å². The molecule has 0 bridgehead atoms. The molecule has 2 heterocycles. The second kappa shape index (κ2) is 9.70. The Labute approximate surface area is 192 Å². The molecule has 3 aromatic rings. The summed E-state index contributed by atoms with van der Waals surface area (Å²) in [6, 6.07) is 24.3. The first-order valence-corrected chi connectivity index (χ1v) is 11.4. The highest BCUT2D eigenvalue weighted by atomic mass is 16.6. The second-order valence-corrected chi connectivity index (χ2v) is 8.80. The molecule has 3 aromatic carbocycles. The van der Waals surface area contributed by atoms with Crippen LogP contribution in [0.5, 0.6) is 0 Å². The van der Waals surface area contributed by atoms with Gasteiger partial charge in [0.1, 0.15) is 6.04 Å². The molecule has 0 aromatic heterocycles. The lowest BCUT2D eigenvalue weighted by Crippen LogP contribution is -2.58. The van der Waals surface area contributed by atoms with Crippen LogP contribution < -0.4 is 21.7 Å². The summed E-state index contributed by atoms with van der Waals surface area (Å²) in [4.78, 5) is 25.1. The summed E-state index contributed by atoms with van der Waals surface area (Å²) in [5.41, 5.74) is 14.4. The summed E-state index contributed by atoms with van der Waals surface area (Å²) in [5.74, 6) is -0.715. The Morgan fingerprint density at radius 3 is 2.45 bits per heavy atom. The fourth-order valence-electron chi connectivity index (χ4n) is 4.68. The number of hydrazine groups is 2. The van der Waals surface area contributed by atoms with Gasteiger partial charge in [-0.25, -0.2) is 10.9 Å². The van der Waals surface area contributed by atoms with Crippen LogP contribution in [0.1, 0.15) is 24.0 Å². The van der Waals surface area contributed by atoms with Crippen molar-refractivity contribution >= 4 is 22.6 Å². The maximum atomic E-state index is 12.8. The Morgan fingerprint density at radius 1 is 0.818 bits per heavy atom. The van der Waals surface area contributed by atoms with Crippen molar-refractivity contribution in [3.05, 3.63) is 83.9 Å². The van der Waals surface area contributed by atoms with E-state index in [0.29, 0.717) is 12.8 Å². The zero-order chi connectivity index (χ0) is 22.6. The summed E-state index contributed by atoms with van der Waals surface area (Å²) in [6.07, 6.45) is 1.76. The Morgan fingerprint density at radius 2 is 1.58 bits per heavy atom. The molecule has 2 saturated heterocycles. The van der Waals surface area contributed by atoms with Crippen LogP contribution in [0.15, 0.2) is 72.8 Å². The number of amides is 1. The molecule has 2 aliphatic heterocycles. The van der Waals surface area contributed by atoms with E-state index >= 15 is 0 Å². The average Bonchev–Trinajstić information content (AvgIpc) is 3.31.